The molecule has 0 fully saturated rings. The SMILES string of the molecule is O=C(O)C(Cc1ccccc1)N(NC1=NCCN1)c1cc(-c2ccc(OCc3ccccc3)cc2)ncn1. The van der Waals surface area contributed by atoms with Crippen LogP contribution in [0.1, 0.15) is 11.1 Å². The molecule has 1 aromatic heterocycles. The molecule has 1 unspecified atom stereocenters. The van der Waals surface area contributed by atoms with Crippen LogP contribution in [0.25, 0.3) is 11.3 Å². The number of guanidine groups is 1. The first-order valence-corrected chi connectivity index (χ1v) is 12.4. The molecule has 9 nitrogen and oxygen atoms in total. The van der Waals surface area contributed by atoms with E-state index in [1.54, 1.807) is 6.07 Å². The Morgan fingerprint density at radius 1 is 0.974 bits per heavy atom. The van der Waals surface area contributed by atoms with Crippen molar-refractivity contribution in [3.63, 3.8) is 0 Å². The maximum absolute atomic E-state index is 12.4. The van der Waals surface area contributed by atoms with E-state index in [9.17, 15) is 9.90 Å². The van der Waals surface area contributed by atoms with Crippen LogP contribution in [0, 0.1) is 0 Å². The molecule has 3 N–H and O–H groups in total. The summed E-state index contributed by atoms with van der Waals surface area (Å²) in [6.07, 6.45) is 1.70. The number of ether oxygens (including phenoxy) is 1. The Bertz CT molecular complexity index is 1380. The fourth-order valence-electron chi connectivity index (χ4n) is 4.11. The van der Waals surface area contributed by atoms with Crippen molar-refractivity contribution in [2.45, 2.75) is 19.1 Å². The van der Waals surface area contributed by atoms with E-state index in [-0.39, 0.29) is 6.42 Å². The number of hydrazine groups is 1. The smallest absolute Gasteiger partial charge is 0.328 e. The molecule has 192 valence electrons. The summed E-state index contributed by atoms with van der Waals surface area (Å²) in [5.41, 5.74) is 6.63. The van der Waals surface area contributed by atoms with Gasteiger partial charge in [-0.05, 0) is 35.4 Å². The molecular weight excluding hydrogens is 480 g/mol. The second-order valence-corrected chi connectivity index (χ2v) is 8.74. The van der Waals surface area contributed by atoms with Crippen molar-refractivity contribution in [2.75, 3.05) is 18.1 Å². The van der Waals surface area contributed by atoms with Crippen molar-refractivity contribution in [1.82, 2.24) is 20.7 Å². The van der Waals surface area contributed by atoms with Crippen molar-refractivity contribution < 1.29 is 14.6 Å². The van der Waals surface area contributed by atoms with Crippen LogP contribution in [0.2, 0.25) is 0 Å². The van der Waals surface area contributed by atoms with Crippen LogP contribution in [0.15, 0.2) is 102 Å². The molecule has 3 aromatic carbocycles. The Kier molecular flexibility index (Phi) is 7.74. The lowest BCUT2D eigenvalue weighted by Crippen LogP contribution is -2.55. The van der Waals surface area contributed by atoms with Crippen LogP contribution >= 0.6 is 0 Å². The summed E-state index contributed by atoms with van der Waals surface area (Å²) in [5.74, 6) is 0.679. The molecule has 1 aliphatic rings. The van der Waals surface area contributed by atoms with E-state index in [4.69, 9.17) is 4.74 Å². The molecule has 1 aliphatic heterocycles. The zero-order valence-corrected chi connectivity index (χ0v) is 20.7. The van der Waals surface area contributed by atoms with Gasteiger partial charge in [-0.25, -0.2) is 14.8 Å². The van der Waals surface area contributed by atoms with Crippen molar-refractivity contribution in [3.05, 3.63) is 108 Å². The second kappa shape index (κ2) is 11.9. The number of carboxylic acids is 1. The fraction of sp³-hybridized carbons (Fsp3) is 0.172. The first-order chi connectivity index (χ1) is 18.7. The molecule has 2 heterocycles. The van der Waals surface area contributed by atoms with E-state index in [1.165, 1.54) is 11.3 Å². The third kappa shape index (κ3) is 6.25. The highest BCUT2D eigenvalue weighted by Gasteiger charge is 2.29. The van der Waals surface area contributed by atoms with Gasteiger partial charge >= 0.3 is 5.97 Å². The van der Waals surface area contributed by atoms with Crippen LogP contribution in [0.4, 0.5) is 5.82 Å². The van der Waals surface area contributed by atoms with Gasteiger partial charge in [-0.2, -0.15) is 0 Å². The van der Waals surface area contributed by atoms with Crippen molar-refractivity contribution in [1.29, 1.82) is 0 Å². The molecular formula is C29H28N6O3. The zero-order valence-electron chi connectivity index (χ0n) is 20.7. The summed E-state index contributed by atoms with van der Waals surface area (Å²) < 4.78 is 5.90. The van der Waals surface area contributed by atoms with Gasteiger partial charge in [0.25, 0.3) is 0 Å². The van der Waals surface area contributed by atoms with Gasteiger partial charge in [-0.1, -0.05) is 60.7 Å². The number of carboxylic acid groups (broad SMARTS) is 1. The Hall–Kier alpha value is -4.92. The molecule has 0 bridgehead atoms. The summed E-state index contributed by atoms with van der Waals surface area (Å²) in [5, 5.41) is 14.9. The van der Waals surface area contributed by atoms with Gasteiger partial charge in [0, 0.05) is 24.6 Å². The molecule has 0 radical (unpaired) electrons. The van der Waals surface area contributed by atoms with Gasteiger partial charge in [-0.3, -0.25) is 15.4 Å². The lowest BCUT2D eigenvalue weighted by atomic mass is 10.1. The van der Waals surface area contributed by atoms with E-state index in [1.807, 2.05) is 84.9 Å². The molecule has 0 amide bonds. The number of nitrogens with zero attached hydrogens (tertiary/aromatic N) is 4. The lowest BCUT2D eigenvalue weighted by Gasteiger charge is -2.31. The van der Waals surface area contributed by atoms with Gasteiger partial charge in [0.05, 0.1) is 12.2 Å². The molecule has 0 aliphatic carbocycles. The van der Waals surface area contributed by atoms with E-state index in [0.717, 1.165) is 22.4 Å². The van der Waals surface area contributed by atoms with Crippen molar-refractivity contribution >= 4 is 17.7 Å². The number of hydrogen-bond acceptors (Lipinski definition) is 8. The summed E-state index contributed by atoms with van der Waals surface area (Å²) in [4.78, 5) is 25.7. The molecule has 0 saturated carbocycles. The van der Waals surface area contributed by atoms with E-state index in [0.29, 0.717) is 37.2 Å². The average molecular weight is 509 g/mol. The fourth-order valence-corrected chi connectivity index (χ4v) is 4.11. The monoisotopic (exact) mass is 508 g/mol. The third-order valence-corrected chi connectivity index (χ3v) is 6.07. The Morgan fingerprint density at radius 3 is 2.34 bits per heavy atom. The maximum Gasteiger partial charge on any atom is 0.328 e. The van der Waals surface area contributed by atoms with Crippen LogP contribution in [-0.4, -0.2) is 46.1 Å². The molecule has 38 heavy (non-hydrogen) atoms. The van der Waals surface area contributed by atoms with Crippen LogP contribution in [-0.2, 0) is 17.8 Å². The summed E-state index contributed by atoms with van der Waals surface area (Å²) in [7, 11) is 0. The Morgan fingerprint density at radius 2 is 1.68 bits per heavy atom. The van der Waals surface area contributed by atoms with Gasteiger partial charge < -0.3 is 15.2 Å². The van der Waals surface area contributed by atoms with E-state index in [2.05, 4.69) is 25.7 Å². The summed E-state index contributed by atoms with van der Waals surface area (Å²) >= 11 is 0. The first kappa shape index (κ1) is 24.8. The van der Waals surface area contributed by atoms with Gasteiger partial charge in [-0.15, -0.1) is 0 Å². The highest BCUT2D eigenvalue weighted by Crippen LogP contribution is 2.25. The highest BCUT2D eigenvalue weighted by molar-refractivity contribution is 5.86. The summed E-state index contributed by atoms with van der Waals surface area (Å²) in [6.45, 7) is 1.77. The minimum Gasteiger partial charge on any atom is -0.489 e. The number of aliphatic imine (C=N–C) groups is 1. The van der Waals surface area contributed by atoms with Gasteiger partial charge in [0.15, 0.2) is 11.9 Å². The number of hydrogen-bond donors (Lipinski definition) is 3. The van der Waals surface area contributed by atoms with Crippen molar-refractivity contribution in [3.8, 4) is 17.0 Å². The quantitative estimate of drug-likeness (QED) is 0.278. The Labute approximate surface area is 220 Å². The molecule has 0 spiro atoms. The number of carbonyl (C=O) groups is 1. The summed E-state index contributed by atoms with van der Waals surface area (Å²) in [6, 6.07) is 27.9. The standard InChI is InChI=1S/C29H28N6O3/c36-28(37)26(17-21-7-3-1-4-8-21)35(34-29-30-15-16-31-29)27-18-25(32-20-33-27)23-11-13-24(14-12-23)38-19-22-9-5-2-6-10-22/h1-14,18,20,26H,15-17,19H2,(H,36,37)(H2,30,31,34). The predicted octanol–water partition coefficient (Wildman–Crippen LogP) is 3.69. The van der Waals surface area contributed by atoms with Gasteiger partial charge in [0.1, 0.15) is 18.7 Å². The first-order valence-electron chi connectivity index (χ1n) is 12.4. The average Bonchev–Trinajstić information content (AvgIpc) is 3.48. The molecule has 0 saturated heterocycles. The van der Waals surface area contributed by atoms with E-state index >= 15 is 0 Å². The number of aliphatic carboxylic acids is 1. The second-order valence-electron chi connectivity index (χ2n) is 8.74. The molecule has 5 rings (SSSR count). The van der Waals surface area contributed by atoms with E-state index < -0.39 is 12.0 Å². The number of anilines is 1. The van der Waals surface area contributed by atoms with Crippen molar-refractivity contribution in [2.24, 2.45) is 4.99 Å². The normalized spacial score (nSPS) is 13.2. The van der Waals surface area contributed by atoms with Crippen LogP contribution < -0.4 is 20.5 Å². The van der Waals surface area contributed by atoms with Gasteiger partial charge in [0.2, 0.25) is 5.96 Å². The number of rotatable bonds is 10. The number of benzene rings is 3. The number of nitrogens with one attached hydrogen (secondary N) is 2. The van der Waals surface area contributed by atoms with Crippen LogP contribution in [0.3, 0.4) is 0 Å². The number of aromatic nitrogens is 2. The molecule has 9 heteroatoms. The topological polar surface area (TPSA) is 112 Å². The maximum atomic E-state index is 12.4. The minimum atomic E-state index is -0.986. The largest absolute Gasteiger partial charge is 0.489 e. The lowest BCUT2D eigenvalue weighted by molar-refractivity contribution is -0.138. The Balaban J connectivity index is 1.38. The zero-order chi connectivity index (χ0) is 26.2. The highest BCUT2D eigenvalue weighted by atomic mass is 16.5. The minimum absolute atomic E-state index is 0.267. The third-order valence-electron chi connectivity index (χ3n) is 6.07. The molecule has 1 atom stereocenters. The van der Waals surface area contributed by atoms with Crippen LogP contribution in [0.5, 0.6) is 5.75 Å². The predicted molar refractivity (Wildman–Crippen MR) is 146 cm³/mol. The molecule has 4 aromatic rings.